The standard InChI is InChI=1S/C14H19FN2O.ClH/c1-10-11(2)17(8-7-16-10)14(18)9-12-5-3-4-6-13(12)15;/h3-6,10-11,16H,7-9H2,1-2H3;1H. The van der Waals surface area contributed by atoms with E-state index >= 15 is 0 Å². The number of hydrogen-bond acceptors (Lipinski definition) is 2. The first kappa shape index (κ1) is 15.9. The van der Waals surface area contributed by atoms with Crippen molar-refractivity contribution in [3.8, 4) is 0 Å². The molecule has 0 aliphatic carbocycles. The number of nitrogens with zero attached hydrogens (tertiary/aromatic N) is 1. The van der Waals surface area contributed by atoms with Gasteiger partial charge < -0.3 is 10.2 Å². The molecule has 19 heavy (non-hydrogen) atoms. The molecule has 1 fully saturated rings. The second kappa shape index (κ2) is 6.87. The van der Waals surface area contributed by atoms with Crippen LogP contribution < -0.4 is 5.32 Å². The van der Waals surface area contributed by atoms with Gasteiger partial charge in [-0.2, -0.15) is 0 Å². The van der Waals surface area contributed by atoms with Crippen molar-refractivity contribution >= 4 is 18.3 Å². The van der Waals surface area contributed by atoms with Crippen LogP contribution in [0.2, 0.25) is 0 Å². The van der Waals surface area contributed by atoms with Crippen LogP contribution in [0.1, 0.15) is 19.4 Å². The molecule has 1 aliphatic heterocycles. The summed E-state index contributed by atoms with van der Waals surface area (Å²) in [7, 11) is 0. The number of rotatable bonds is 2. The summed E-state index contributed by atoms with van der Waals surface area (Å²) in [6.07, 6.45) is 0.143. The lowest BCUT2D eigenvalue weighted by Gasteiger charge is -2.38. The molecule has 1 aliphatic rings. The molecule has 0 bridgehead atoms. The van der Waals surface area contributed by atoms with Crippen LogP contribution >= 0.6 is 12.4 Å². The normalized spacial score (nSPS) is 22.8. The number of carbonyl (C=O) groups is 1. The van der Waals surface area contributed by atoms with Gasteiger partial charge in [0, 0.05) is 25.2 Å². The molecule has 0 aromatic heterocycles. The van der Waals surface area contributed by atoms with Gasteiger partial charge in [0.15, 0.2) is 0 Å². The fourth-order valence-electron chi connectivity index (χ4n) is 2.31. The second-order valence-corrected chi connectivity index (χ2v) is 4.84. The number of benzene rings is 1. The zero-order valence-corrected chi connectivity index (χ0v) is 12.0. The summed E-state index contributed by atoms with van der Waals surface area (Å²) in [5.74, 6) is -0.303. The average Bonchev–Trinajstić information content (AvgIpc) is 2.35. The van der Waals surface area contributed by atoms with Crippen molar-refractivity contribution in [1.29, 1.82) is 0 Å². The summed E-state index contributed by atoms with van der Waals surface area (Å²) in [4.78, 5) is 14.0. The summed E-state index contributed by atoms with van der Waals surface area (Å²) in [5.41, 5.74) is 0.473. The topological polar surface area (TPSA) is 32.3 Å². The van der Waals surface area contributed by atoms with E-state index in [1.165, 1.54) is 6.07 Å². The van der Waals surface area contributed by atoms with Gasteiger partial charge in [-0.25, -0.2) is 4.39 Å². The Bertz CT molecular complexity index is 441. The van der Waals surface area contributed by atoms with E-state index in [4.69, 9.17) is 0 Å². The van der Waals surface area contributed by atoms with Crippen LogP contribution in [0.3, 0.4) is 0 Å². The smallest absolute Gasteiger partial charge is 0.227 e. The molecular weight excluding hydrogens is 267 g/mol. The summed E-state index contributed by atoms with van der Waals surface area (Å²) in [5, 5.41) is 3.32. The van der Waals surface area contributed by atoms with E-state index in [2.05, 4.69) is 12.2 Å². The Hall–Kier alpha value is -1.13. The van der Waals surface area contributed by atoms with Gasteiger partial charge in [-0.15, -0.1) is 12.4 Å². The minimum absolute atomic E-state index is 0. The third-order valence-electron chi connectivity index (χ3n) is 3.65. The predicted octanol–water partition coefficient (Wildman–Crippen LogP) is 2.00. The Kier molecular flexibility index (Phi) is 5.76. The zero-order chi connectivity index (χ0) is 13.1. The summed E-state index contributed by atoms with van der Waals surface area (Å²) in [6, 6.07) is 6.89. The molecule has 1 aromatic rings. The van der Waals surface area contributed by atoms with E-state index in [9.17, 15) is 9.18 Å². The first-order chi connectivity index (χ1) is 8.59. The largest absolute Gasteiger partial charge is 0.337 e. The maximum atomic E-state index is 13.5. The lowest BCUT2D eigenvalue weighted by Crippen LogP contribution is -2.57. The molecule has 0 radical (unpaired) electrons. The van der Waals surface area contributed by atoms with Crippen LogP contribution in [-0.2, 0) is 11.2 Å². The van der Waals surface area contributed by atoms with Gasteiger partial charge in [0.25, 0.3) is 0 Å². The molecule has 2 rings (SSSR count). The molecule has 0 spiro atoms. The van der Waals surface area contributed by atoms with Gasteiger partial charge >= 0.3 is 0 Å². The van der Waals surface area contributed by atoms with Gasteiger partial charge in [-0.1, -0.05) is 18.2 Å². The van der Waals surface area contributed by atoms with Crippen molar-refractivity contribution in [3.05, 3.63) is 35.6 Å². The van der Waals surface area contributed by atoms with Crippen molar-refractivity contribution in [1.82, 2.24) is 10.2 Å². The summed E-state index contributed by atoms with van der Waals surface area (Å²) in [6.45, 7) is 5.58. The van der Waals surface area contributed by atoms with E-state index in [0.29, 0.717) is 12.1 Å². The van der Waals surface area contributed by atoms with E-state index in [-0.39, 0.29) is 42.6 Å². The maximum absolute atomic E-state index is 13.5. The molecule has 2 atom stereocenters. The van der Waals surface area contributed by atoms with Crippen LogP contribution in [0.5, 0.6) is 0 Å². The van der Waals surface area contributed by atoms with Crippen LogP contribution in [0.15, 0.2) is 24.3 Å². The highest BCUT2D eigenvalue weighted by atomic mass is 35.5. The van der Waals surface area contributed by atoms with Crippen molar-refractivity contribution in [2.24, 2.45) is 0 Å². The Morgan fingerprint density at radius 1 is 1.42 bits per heavy atom. The van der Waals surface area contributed by atoms with Gasteiger partial charge in [0.2, 0.25) is 5.91 Å². The number of amides is 1. The molecule has 2 unspecified atom stereocenters. The Balaban J connectivity index is 0.00000180. The van der Waals surface area contributed by atoms with E-state index in [1.54, 1.807) is 18.2 Å². The zero-order valence-electron chi connectivity index (χ0n) is 11.2. The van der Waals surface area contributed by atoms with Crippen LogP contribution in [0, 0.1) is 5.82 Å². The molecule has 1 amide bonds. The van der Waals surface area contributed by atoms with E-state index in [0.717, 1.165) is 6.54 Å². The molecule has 3 nitrogen and oxygen atoms in total. The van der Waals surface area contributed by atoms with E-state index < -0.39 is 0 Å². The Morgan fingerprint density at radius 3 is 2.79 bits per heavy atom. The maximum Gasteiger partial charge on any atom is 0.227 e. The highest BCUT2D eigenvalue weighted by Crippen LogP contribution is 2.13. The number of hydrogen-bond donors (Lipinski definition) is 1. The van der Waals surface area contributed by atoms with Gasteiger partial charge in [-0.3, -0.25) is 4.79 Å². The Labute approximate surface area is 119 Å². The first-order valence-electron chi connectivity index (χ1n) is 6.36. The van der Waals surface area contributed by atoms with Crippen molar-refractivity contribution in [3.63, 3.8) is 0 Å². The third kappa shape index (κ3) is 3.67. The number of piperazine rings is 1. The van der Waals surface area contributed by atoms with Gasteiger partial charge in [0.1, 0.15) is 5.82 Å². The molecule has 1 saturated heterocycles. The molecule has 1 heterocycles. The molecule has 1 N–H and O–H groups in total. The molecule has 106 valence electrons. The number of nitrogens with one attached hydrogen (secondary N) is 1. The summed E-state index contributed by atoms with van der Waals surface area (Å²) < 4.78 is 13.5. The van der Waals surface area contributed by atoms with E-state index in [1.807, 2.05) is 11.8 Å². The second-order valence-electron chi connectivity index (χ2n) is 4.84. The Morgan fingerprint density at radius 2 is 2.11 bits per heavy atom. The minimum atomic E-state index is -0.304. The third-order valence-corrected chi connectivity index (χ3v) is 3.65. The lowest BCUT2D eigenvalue weighted by atomic mass is 10.0. The summed E-state index contributed by atoms with van der Waals surface area (Å²) >= 11 is 0. The van der Waals surface area contributed by atoms with Crippen LogP contribution in [0.4, 0.5) is 4.39 Å². The van der Waals surface area contributed by atoms with Crippen LogP contribution in [0.25, 0.3) is 0 Å². The van der Waals surface area contributed by atoms with Crippen molar-refractivity contribution in [2.75, 3.05) is 13.1 Å². The average molecular weight is 287 g/mol. The first-order valence-corrected chi connectivity index (χ1v) is 6.36. The fraction of sp³-hybridized carbons (Fsp3) is 0.500. The van der Waals surface area contributed by atoms with Crippen LogP contribution in [-0.4, -0.2) is 36.0 Å². The minimum Gasteiger partial charge on any atom is -0.337 e. The number of halogens is 2. The molecule has 0 saturated carbocycles. The quantitative estimate of drug-likeness (QED) is 0.902. The highest BCUT2D eigenvalue weighted by Gasteiger charge is 2.28. The van der Waals surface area contributed by atoms with Crippen molar-refractivity contribution < 1.29 is 9.18 Å². The van der Waals surface area contributed by atoms with Crippen molar-refractivity contribution in [2.45, 2.75) is 32.4 Å². The molecule has 1 aromatic carbocycles. The number of carbonyl (C=O) groups excluding carboxylic acids is 1. The predicted molar refractivity (Wildman–Crippen MR) is 76.0 cm³/mol. The molecular formula is C14H20ClFN2O. The lowest BCUT2D eigenvalue weighted by molar-refractivity contribution is -0.134. The highest BCUT2D eigenvalue weighted by molar-refractivity contribution is 5.85. The monoisotopic (exact) mass is 286 g/mol. The molecule has 5 heteroatoms. The fourth-order valence-corrected chi connectivity index (χ4v) is 2.31. The van der Waals surface area contributed by atoms with Gasteiger partial charge in [-0.05, 0) is 25.5 Å². The van der Waals surface area contributed by atoms with Gasteiger partial charge in [0.05, 0.1) is 6.42 Å². The SMILES string of the molecule is CC1NCCN(C(=O)Cc2ccccc2F)C1C.Cl.